The van der Waals surface area contributed by atoms with Gasteiger partial charge in [-0.15, -0.1) is 0 Å². The zero-order chi connectivity index (χ0) is 19.6. The van der Waals surface area contributed by atoms with Crippen molar-refractivity contribution < 1.29 is 4.79 Å². The minimum atomic E-state index is 0.139. The van der Waals surface area contributed by atoms with Gasteiger partial charge < -0.3 is 4.90 Å². The number of hydrogen-bond acceptors (Lipinski definition) is 1. The summed E-state index contributed by atoms with van der Waals surface area (Å²) in [7, 11) is 0. The quantitative estimate of drug-likeness (QED) is 0.504. The van der Waals surface area contributed by atoms with Crippen molar-refractivity contribution in [3.05, 3.63) is 102 Å². The van der Waals surface area contributed by atoms with Gasteiger partial charge in [-0.2, -0.15) is 0 Å². The maximum Gasteiger partial charge on any atom is 0.227 e. The van der Waals surface area contributed by atoms with Gasteiger partial charge in [-0.1, -0.05) is 85.8 Å². The van der Waals surface area contributed by atoms with Crippen LogP contribution in [0, 0.1) is 11.8 Å². The molecule has 0 unspecified atom stereocenters. The number of anilines is 1. The lowest BCUT2D eigenvalue weighted by Gasteiger charge is -2.24. The first-order valence-corrected chi connectivity index (χ1v) is 9.78. The Balaban J connectivity index is 1.95. The number of amides is 1. The van der Waals surface area contributed by atoms with Gasteiger partial charge in [0.2, 0.25) is 5.91 Å². The third-order valence-electron chi connectivity index (χ3n) is 4.54. The molecule has 1 amide bonds. The molecule has 0 aliphatic rings. The molecule has 0 aliphatic heterocycles. The van der Waals surface area contributed by atoms with Crippen molar-refractivity contribution in [1.82, 2.24) is 0 Å². The van der Waals surface area contributed by atoms with Gasteiger partial charge in [0.25, 0.3) is 0 Å². The van der Waals surface area contributed by atoms with Crippen molar-refractivity contribution in [2.75, 3.05) is 4.90 Å². The SMILES string of the molecule is CCCCC(=O)N(Cc1ccccc1)c1ccccc1C#Cc1ccccc1. The number of nitrogens with zero attached hydrogens (tertiary/aromatic N) is 1. The van der Waals surface area contributed by atoms with Crippen LogP contribution in [0.15, 0.2) is 84.9 Å². The van der Waals surface area contributed by atoms with E-state index in [1.165, 1.54) is 0 Å². The molecule has 0 spiro atoms. The number of unbranched alkanes of at least 4 members (excludes halogenated alkanes) is 1. The predicted molar refractivity (Wildman–Crippen MR) is 116 cm³/mol. The van der Waals surface area contributed by atoms with Crippen LogP contribution in [0.1, 0.15) is 42.9 Å². The van der Waals surface area contributed by atoms with E-state index >= 15 is 0 Å². The van der Waals surface area contributed by atoms with Crippen LogP contribution in [0.5, 0.6) is 0 Å². The third kappa shape index (κ3) is 5.34. The highest BCUT2D eigenvalue weighted by atomic mass is 16.2. The van der Waals surface area contributed by atoms with E-state index in [0.29, 0.717) is 13.0 Å². The zero-order valence-electron chi connectivity index (χ0n) is 16.3. The summed E-state index contributed by atoms with van der Waals surface area (Å²) in [5, 5.41) is 0. The Labute approximate surface area is 167 Å². The number of hydrogen-bond donors (Lipinski definition) is 0. The van der Waals surface area contributed by atoms with Crippen molar-refractivity contribution in [2.45, 2.75) is 32.7 Å². The van der Waals surface area contributed by atoms with Crippen LogP contribution in [-0.2, 0) is 11.3 Å². The van der Waals surface area contributed by atoms with Crippen LogP contribution in [0.4, 0.5) is 5.69 Å². The molecule has 2 nitrogen and oxygen atoms in total. The van der Waals surface area contributed by atoms with Crippen LogP contribution in [0.3, 0.4) is 0 Å². The van der Waals surface area contributed by atoms with Gasteiger partial charge in [-0.25, -0.2) is 0 Å². The van der Waals surface area contributed by atoms with E-state index in [4.69, 9.17) is 0 Å². The van der Waals surface area contributed by atoms with E-state index in [9.17, 15) is 4.79 Å². The lowest BCUT2D eigenvalue weighted by Crippen LogP contribution is -2.30. The maximum absolute atomic E-state index is 13.0. The van der Waals surface area contributed by atoms with Gasteiger partial charge in [0.1, 0.15) is 0 Å². The summed E-state index contributed by atoms with van der Waals surface area (Å²) >= 11 is 0. The Morgan fingerprint density at radius 3 is 2.18 bits per heavy atom. The fourth-order valence-electron chi connectivity index (χ4n) is 3.01. The van der Waals surface area contributed by atoms with Gasteiger partial charge in [-0.3, -0.25) is 4.79 Å². The van der Waals surface area contributed by atoms with Crippen LogP contribution in [0.25, 0.3) is 0 Å². The first-order valence-electron chi connectivity index (χ1n) is 9.78. The minimum absolute atomic E-state index is 0.139. The summed E-state index contributed by atoms with van der Waals surface area (Å²) < 4.78 is 0. The Bertz CT molecular complexity index is 952. The van der Waals surface area contributed by atoms with E-state index in [2.05, 4.69) is 30.9 Å². The molecule has 0 aromatic heterocycles. The smallest absolute Gasteiger partial charge is 0.227 e. The maximum atomic E-state index is 13.0. The Kier molecular flexibility index (Phi) is 7.04. The third-order valence-corrected chi connectivity index (χ3v) is 4.54. The van der Waals surface area contributed by atoms with Crippen LogP contribution in [0.2, 0.25) is 0 Å². The summed E-state index contributed by atoms with van der Waals surface area (Å²) in [6.45, 7) is 2.65. The molecular formula is C26H25NO. The molecule has 0 saturated carbocycles. The average molecular weight is 367 g/mol. The van der Waals surface area contributed by atoms with E-state index < -0.39 is 0 Å². The number of rotatable bonds is 6. The van der Waals surface area contributed by atoms with E-state index in [0.717, 1.165) is 35.2 Å². The van der Waals surface area contributed by atoms with Crippen LogP contribution >= 0.6 is 0 Å². The van der Waals surface area contributed by atoms with Crippen molar-refractivity contribution in [1.29, 1.82) is 0 Å². The first kappa shape index (κ1) is 19.5. The number of carbonyl (C=O) groups excluding carboxylic acids is 1. The average Bonchev–Trinajstić information content (AvgIpc) is 2.76. The van der Waals surface area contributed by atoms with Gasteiger partial charge in [0.05, 0.1) is 12.2 Å². The summed E-state index contributed by atoms with van der Waals surface area (Å²) in [6, 6.07) is 27.9. The highest BCUT2D eigenvalue weighted by Gasteiger charge is 2.18. The fourth-order valence-corrected chi connectivity index (χ4v) is 3.01. The normalized spacial score (nSPS) is 10.0. The van der Waals surface area contributed by atoms with Crippen molar-refractivity contribution in [2.24, 2.45) is 0 Å². The summed E-state index contributed by atoms with van der Waals surface area (Å²) in [4.78, 5) is 14.9. The molecule has 140 valence electrons. The molecule has 0 saturated heterocycles. The molecule has 0 aliphatic carbocycles. The molecule has 0 N–H and O–H groups in total. The standard InChI is InChI=1S/C26H25NO/c1-2-3-18-26(28)27(21-23-14-8-5-9-15-23)25-17-11-10-16-24(25)20-19-22-12-6-4-7-13-22/h4-17H,2-3,18,21H2,1H3. The molecule has 2 heteroatoms. The molecule has 0 heterocycles. The summed E-state index contributed by atoms with van der Waals surface area (Å²) in [5.74, 6) is 6.62. The van der Waals surface area contributed by atoms with E-state index in [1.54, 1.807) is 0 Å². The second-order valence-electron chi connectivity index (χ2n) is 6.70. The molecule has 0 fully saturated rings. The van der Waals surface area contributed by atoms with Crippen LogP contribution in [-0.4, -0.2) is 5.91 Å². The van der Waals surface area contributed by atoms with Crippen molar-refractivity contribution in [3.63, 3.8) is 0 Å². The summed E-state index contributed by atoms with van der Waals surface area (Å²) in [6.07, 6.45) is 2.44. The summed E-state index contributed by atoms with van der Waals surface area (Å²) in [5.41, 5.74) is 3.81. The largest absolute Gasteiger partial charge is 0.307 e. The Morgan fingerprint density at radius 2 is 1.46 bits per heavy atom. The molecule has 0 bridgehead atoms. The molecule has 0 radical (unpaired) electrons. The molecule has 3 rings (SSSR count). The van der Waals surface area contributed by atoms with E-state index in [-0.39, 0.29) is 5.91 Å². The number of carbonyl (C=O) groups is 1. The monoisotopic (exact) mass is 367 g/mol. The highest BCUT2D eigenvalue weighted by Crippen LogP contribution is 2.23. The molecule has 3 aromatic rings. The molecule has 28 heavy (non-hydrogen) atoms. The predicted octanol–water partition coefficient (Wildman–Crippen LogP) is 5.81. The molecule has 3 aromatic carbocycles. The zero-order valence-corrected chi connectivity index (χ0v) is 16.3. The van der Waals surface area contributed by atoms with Crippen molar-refractivity contribution >= 4 is 11.6 Å². The molecular weight excluding hydrogens is 342 g/mol. The fraction of sp³-hybridized carbons (Fsp3) is 0.192. The Hall–Kier alpha value is -3.31. The van der Waals surface area contributed by atoms with Crippen molar-refractivity contribution in [3.8, 4) is 11.8 Å². The molecule has 0 atom stereocenters. The van der Waals surface area contributed by atoms with Crippen LogP contribution < -0.4 is 4.90 Å². The second-order valence-corrected chi connectivity index (χ2v) is 6.70. The topological polar surface area (TPSA) is 20.3 Å². The Morgan fingerprint density at radius 1 is 0.821 bits per heavy atom. The lowest BCUT2D eigenvalue weighted by molar-refractivity contribution is -0.118. The number of para-hydroxylation sites is 1. The highest BCUT2D eigenvalue weighted by molar-refractivity contribution is 5.94. The number of benzene rings is 3. The van der Waals surface area contributed by atoms with Gasteiger partial charge in [-0.05, 0) is 36.2 Å². The second kappa shape index (κ2) is 10.1. The van der Waals surface area contributed by atoms with Gasteiger partial charge in [0, 0.05) is 17.5 Å². The van der Waals surface area contributed by atoms with Gasteiger partial charge in [0.15, 0.2) is 0 Å². The van der Waals surface area contributed by atoms with Gasteiger partial charge >= 0.3 is 0 Å². The minimum Gasteiger partial charge on any atom is -0.307 e. The lowest BCUT2D eigenvalue weighted by atomic mass is 10.1. The van der Waals surface area contributed by atoms with E-state index in [1.807, 2.05) is 77.7 Å². The first-order chi connectivity index (χ1) is 13.8.